The molecule has 320 valence electrons. The highest BCUT2D eigenvalue weighted by Gasteiger charge is 2.23. The van der Waals surface area contributed by atoms with Crippen LogP contribution in [-0.4, -0.2) is 52.3 Å². The van der Waals surface area contributed by atoms with E-state index >= 15 is 0 Å². The molecular weight excluding hydrogens is 715 g/mol. The minimum Gasteiger partial charge on any atom is -0.462 e. The molecule has 0 saturated heterocycles. The van der Waals surface area contributed by atoms with Gasteiger partial charge in [0, 0.05) is 12.8 Å². The standard InChI is InChI=1S/C45H81O9P/c1-3-5-7-9-11-13-15-17-18-19-20-21-22-24-26-28-30-32-34-38-44(47)52-40-43(41-53-55(49,50)51)54-45(48)39-35-37-42(46)36-33-31-29-27-25-23-16-14-12-10-8-6-4-2/h12,14,23,25,29,31,33,36,42-43,46H,3-11,13,15-22,24,26-28,30,32,34-35,37-41H2,1-2H3,(H2,49,50,51)/b14-12-,25-23-,31-29-,36-33+/t42-,43+/m0/s1. The number of phosphoric acid groups is 1. The normalized spacial score (nSPS) is 13.5. The van der Waals surface area contributed by atoms with Crippen LogP contribution in [0.3, 0.4) is 0 Å². The zero-order chi connectivity index (χ0) is 40.5. The van der Waals surface area contributed by atoms with Gasteiger partial charge < -0.3 is 24.4 Å². The van der Waals surface area contributed by atoms with Gasteiger partial charge in [0.25, 0.3) is 0 Å². The molecule has 0 aromatic rings. The zero-order valence-electron chi connectivity index (χ0n) is 34.9. The van der Waals surface area contributed by atoms with Crippen molar-refractivity contribution in [2.24, 2.45) is 0 Å². The number of aliphatic hydroxyl groups excluding tert-OH is 1. The third-order valence-corrected chi connectivity index (χ3v) is 9.94. The van der Waals surface area contributed by atoms with E-state index in [0.29, 0.717) is 19.3 Å². The van der Waals surface area contributed by atoms with E-state index in [2.05, 4.69) is 42.7 Å². The van der Waals surface area contributed by atoms with E-state index in [1.165, 1.54) is 116 Å². The van der Waals surface area contributed by atoms with Crippen LogP contribution in [0.5, 0.6) is 0 Å². The molecule has 0 radical (unpaired) electrons. The lowest BCUT2D eigenvalue weighted by Crippen LogP contribution is -2.29. The Morgan fingerprint density at radius 2 is 1.04 bits per heavy atom. The number of phosphoric ester groups is 1. The lowest BCUT2D eigenvalue weighted by atomic mass is 10.0. The van der Waals surface area contributed by atoms with Gasteiger partial charge in [-0.25, -0.2) is 4.57 Å². The maximum absolute atomic E-state index is 12.4. The van der Waals surface area contributed by atoms with Crippen molar-refractivity contribution >= 4 is 19.8 Å². The van der Waals surface area contributed by atoms with Gasteiger partial charge in [-0.2, -0.15) is 0 Å². The molecule has 0 fully saturated rings. The van der Waals surface area contributed by atoms with Crippen molar-refractivity contribution in [3.63, 3.8) is 0 Å². The summed E-state index contributed by atoms with van der Waals surface area (Å²) in [5.74, 6) is -1.08. The first-order valence-corrected chi connectivity index (χ1v) is 23.6. The Morgan fingerprint density at radius 1 is 0.564 bits per heavy atom. The molecule has 0 bridgehead atoms. The molecule has 0 aromatic heterocycles. The first-order valence-electron chi connectivity index (χ1n) is 22.0. The Kier molecular flexibility index (Phi) is 38.7. The van der Waals surface area contributed by atoms with Gasteiger partial charge >= 0.3 is 19.8 Å². The number of allylic oxidation sites excluding steroid dienone is 7. The summed E-state index contributed by atoms with van der Waals surface area (Å²) in [4.78, 5) is 42.9. The number of unbranched alkanes of at least 4 members (excludes halogenated alkanes) is 21. The predicted octanol–water partition coefficient (Wildman–Crippen LogP) is 12.5. The Hall–Kier alpha value is -2.03. The lowest BCUT2D eigenvalue weighted by molar-refractivity contribution is -0.161. The van der Waals surface area contributed by atoms with Crippen LogP contribution in [0, 0.1) is 0 Å². The Bertz CT molecular complexity index is 1050. The number of hydrogen-bond donors (Lipinski definition) is 3. The second-order valence-electron chi connectivity index (χ2n) is 14.9. The molecule has 0 spiro atoms. The predicted molar refractivity (Wildman–Crippen MR) is 227 cm³/mol. The molecule has 2 atom stereocenters. The first kappa shape index (κ1) is 53.0. The molecule has 0 aliphatic rings. The highest BCUT2D eigenvalue weighted by Crippen LogP contribution is 2.36. The molecule has 0 saturated carbocycles. The topological polar surface area (TPSA) is 140 Å². The molecule has 0 aliphatic carbocycles. The highest BCUT2D eigenvalue weighted by atomic mass is 31.2. The maximum Gasteiger partial charge on any atom is 0.469 e. The molecule has 0 aromatic carbocycles. The number of carbonyl (C=O) groups is 2. The quantitative estimate of drug-likeness (QED) is 0.0182. The summed E-state index contributed by atoms with van der Waals surface area (Å²) in [5.41, 5.74) is 0. The van der Waals surface area contributed by atoms with Gasteiger partial charge in [0.1, 0.15) is 6.61 Å². The second kappa shape index (κ2) is 40.2. The molecule has 10 heteroatoms. The fraction of sp³-hybridized carbons (Fsp3) is 0.778. The first-order chi connectivity index (χ1) is 26.7. The molecule has 55 heavy (non-hydrogen) atoms. The van der Waals surface area contributed by atoms with Gasteiger partial charge in [-0.05, 0) is 44.9 Å². The minimum atomic E-state index is -4.81. The van der Waals surface area contributed by atoms with Crippen molar-refractivity contribution in [1.29, 1.82) is 0 Å². The van der Waals surface area contributed by atoms with Gasteiger partial charge in [-0.3, -0.25) is 14.1 Å². The summed E-state index contributed by atoms with van der Waals surface area (Å²) >= 11 is 0. The van der Waals surface area contributed by atoms with Crippen LogP contribution >= 0.6 is 7.82 Å². The molecule has 0 rings (SSSR count). The fourth-order valence-electron chi connectivity index (χ4n) is 6.12. The molecule has 0 unspecified atom stereocenters. The van der Waals surface area contributed by atoms with E-state index in [-0.39, 0.29) is 19.4 Å². The maximum atomic E-state index is 12.4. The van der Waals surface area contributed by atoms with Crippen molar-refractivity contribution in [2.45, 2.75) is 212 Å². The van der Waals surface area contributed by atoms with Crippen molar-refractivity contribution in [3.8, 4) is 0 Å². The summed E-state index contributed by atoms with van der Waals surface area (Å²) in [5, 5.41) is 10.2. The Morgan fingerprint density at radius 3 is 1.58 bits per heavy atom. The number of carbonyl (C=O) groups excluding carboxylic acids is 2. The number of aliphatic hydroxyl groups is 1. The molecule has 3 N–H and O–H groups in total. The van der Waals surface area contributed by atoms with Crippen LogP contribution in [-0.2, 0) is 28.2 Å². The largest absolute Gasteiger partial charge is 0.469 e. The van der Waals surface area contributed by atoms with Gasteiger partial charge in [-0.1, -0.05) is 191 Å². The van der Waals surface area contributed by atoms with Crippen LogP contribution in [0.4, 0.5) is 0 Å². The third kappa shape index (κ3) is 42.9. The lowest BCUT2D eigenvalue weighted by Gasteiger charge is -2.18. The summed E-state index contributed by atoms with van der Waals surface area (Å²) < 4.78 is 26.3. The van der Waals surface area contributed by atoms with Crippen LogP contribution in [0.25, 0.3) is 0 Å². The van der Waals surface area contributed by atoms with Crippen LogP contribution in [0.2, 0.25) is 0 Å². The van der Waals surface area contributed by atoms with Gasteiger partial charge in [0.15, 0.2) is 6.10 Å². The Balaban J connectivity index is 4.05. The molecule has 0 heterocycles. The van der Waals surface area contributed by atoms with Crippen molar-refractivity contribution in [1.82, 2.24) is 0 Å². The fourth-order valence-corrected chi connectivity index (χ4v) is 6.48. The summed E-state index contributed by atoms with van der Waals surface area (Å²) in [6.07, 6.45) is 45.8. The van der Waals surface area contributed by atoms with Gasteiger partial charge in [0.2, 0.25) is 0 Å². The van der Waals surface area contributed by atoms with Crippen LogP contribution < -0.4 is 0 Å². The molecule has 9 nitrogen and oxygen atoms in total. The summed E-state index contributed by atoms with van der Waals surface area (Å²) in [6.45, 7) is 3.51. The number of esters is 2. The van der Waals surface area contributed by atoms with Crippen LogP contribution in [0.15, 0.2) is 48.6 Å². The van der Waals surface area contributed by atoms with E-state index in [1.54, 1.807) is 12.2 Å². The second-order valence-corrected chi connectivity index (χ2v) is 16.1. The molecular formula is C45H81O9P. The van der Waals surface area contributed by atoms with E-state index < -0.39 is 38.6 Å². The van der Waals surface area contributed by atoms with Crippen molar-refractivity contribution < 1.29 is 43.0 Å². The summed E-state index contributed by atoms with van der Waals surface area (Å²) in [6, 6.07) is 0. The molecule has 0 amide bonds. The number of hydrogen-bond acceptors (Lipinski definition) is 7. The third-order valence-electron chi connectivity index (χ3n) is 9.45. The minimum absolute atomic E-state index is 0.0156. The Labute approximate surface area is 336 Å². The van der Waals surface area contributed by atoms with E-state index in [9.17, 15) is 19.3 Å². The van der Waals surface area contributed by atoms with Gasteiger partial charge in [-0.15, -0.1) is 0 Å². The molecule has 0 aliphatic heterocycles. The average molecular weight is 797 g/mol. The van der Waals surface area contributed by atoms with Crippen molar-refractivity contribution in [3.05, 3.63) is 48.6 Å². The van der Waals surface area contributed by atoms with E-state index in [4.69, 9.17) is 19.3 Å². The van der Waals surface area contributed by atoms with E-state index in [1.807, 2.05) is 12.2 Å². The van der Waals surface area contributed by atoms with Crippen LogP contribution in [0.1, 0.15) is 200 Å². The average Bonchev–Trinajstić information content (AvgIpc) is 3.15. The number of rotatable bonds is 40. The van der Waals surface area contributed by atoms with E-state index in [0.717, 1.165) is 38.5 Å². The zero-order valence-corrected chi connectivity index (χ0v) is 35.8. The highest BCUT2D eigenvalue weighted by molar-refractivity contribution is 7.46. The smallest absolute Gasteiger partial charge is 0.462 e. The number of ether oxygens (including phenoxy) is 2. The summed E-state index contributed by atoms with van der Waals surface area (Å²) in [7, 11) is -4.81. The SMILES string of the molecule is CCCCC/C=C\C/C=C\C/C=C\C=C\[C@H](O)CCCC(=O)O[C@H](COC(=O)CCCCCCCCCCCCCCCCCCCCC)COP(=O)(O)O. The monoisotopic (exact) mass is 797 g/mol. The van der Waals surface area contributed by atoms with Gasteiger partial charge in [0.05, 0.1) is 12.7 Å². The van der Waals surface area contributed by atoms with Crippen molar-refractivity contribution in [2.75, 3.05) is 13.2 Å².